The molecule has 2 rings (SSSR count). The molecule has 8 heteroatoms. The molecule has 0 bridgehead atoms. The first kappa shape index (κ1) is 14.6. The van der Waals surface area contributed by atoms with E-state index in [1.807, 2.05) is 0 Å². The zero-order valence-corrected chi connectivity index (χ0v) is 11.0. The molecule has 0 saturated carbocycles. The van der Waals surface area contributed by atoms with Gasteiger partial charge in [0.1, 0.15) is 22.9 Å². The normalized spacial score (nSPS) is 10.3. The molecule has 0 saturated heterocycles. The molecule has 0 unspecified atom stereocenters. The van der Waals surface area contributed by atoms with Crippen molar-refractivity contribution in [3.05, 3.63) is 41.2 Å². The summed E-state index contributed by atoms with van der Waals surface area (Å²) >= 11 is 0. The first-order chi connectivity index (χ1) is 10.0. The molecular formula is C13H9F2NO5. The number of esters is 2. The lowest BCUT2D eigenvalue weighted by atomic mass is 10.0. The molecule has 1 aromatic carbocycles. The van der Waals surface area contributed by atoms with E-state index in [1.165, 1.54) is 0 Å². The summed E-state index contributed by atoms with van der Waals surface area (Å²) in [5, 5.41) is 3.39. The van der Waals surface area contributed by atoms with E-state index in [4.69, 9.17) is 0 Å². The maximum absolute atomic E-state index is 13.8. The van der Waals surface area contributed by atoms with Crippen LogP contribution in [0, 0.1) is 11.6 Å². The van der Waals surface area contributed by atoms with Gasteiger partial charge < -0.3 is 14.0 Å². The zero-order valence-electron chi connectivity index (χ0n) is 11.0. The Labute approximate surface area is 117 Å². The van der Waals surface area contributed by atoms with Crippen LogP contribution in [0.5, 0.6) is 0 Å². The number of aromatic nitrogens is 1. The van der Waals surface area contributed by atoms with Crippen LogP contribution in [-0.4, -0.2) is 31.3 Å². The summed E-state index contributed by atoms with van der Waals surface area (Å²) < 4.78 is 41.1. The molecule has 0 N–H and O–H groups in total. The predicted molar refractivity (Wildman–Crippen MR) is 64.5 cm³/mol. The number of methoxy groups -OCH3 is 2. The summed E-state index contributed by atoms with van der Waals surface area (Å²) in [6.45, 7) is 0. The molecule has 0 spiro atoms. The topological polar surface area (TPSA) is 78.6 Å². The molecule has 6 nitrogen and oxygen atoms in total. The first-order valence-corrected chi connectivity index (χ1v) is 5.62. The number of carbonyl (C=O) groups excluding carboxylic acids is 2. The lowest BCUT2D eigenvalue weighted by molar-refractivity contribution is 0.0521. The van der Waals surface area contributed by atoms with E-state index in [0.717, 1.165) is 32.4 Å². The minimum Gasteiger partial charge on any atom is -0.465 e. The third-order valence-corrected chi connectivity index (χ3v) is 2.65. The maximum atomic E-state index is 13.8. The van der Waals surface area contributed by atoms with Crippen molar-refractivity contribution in [3.63, 3.8) is 0 Å². The summed E-state index contributed by atoms with van der Waals surface area (Å²) in [6, 6.07) is 3.10. The number of halogens is 2. The van der Waals surface area contributed by atoms with Crippen LogP contribution in [0.2, 0.25) is 0 Å². The summed E-state index contributed by atoms with van der Waals surface area (Å²) in [5.41, 5.74) is -1.58. The summed E-state index contributed by atoms with van der Waals surface area (Å²) in [7, 11) is 2.09. The molecule has 0 aliphatic heterocycles. The van der Waals surface area contributed by atoms with Gasteiger partial charge in [-0.15, -0.1) is 0 Å². The van der Waals surface area contributed by atoms with Gasteiger partial charge in [0.2, 0.25) is 0 Å². The average Bonchev–Trinajstić information content (AvgIpc) is 2.90. The molecule has 2 aromatic rings. The van der Waals surface area contributed by atoms with Gasteiger partial charge in [-0.2, -0.15) is 0 Å². The fraction of sp³-hybridized carbons (Fsp3) is 0.154. The standard InChI is InChI=1S/C13H9F2NO5/c1-19-12(17)9-10(16-21-11(9)13(18)20-2)8-6(14)4-3-5-7(8)15/h3-5H,1-2H3. The van der Waals surface area contributed by atoms with Crippen molar-refractivity contribution in [2.75, 3.05) is 14.2 Å². The minimum absolute atomic E-state index is 0.474. The van der Waals surface area contributed by atoms with Gasteiger partial charge in [-0.3, -0.25) is 0 Å². The molecule has 0 aliphatic rings. The van der Waals surface area contributed by atoms with Crippen LogP contribution in [0.25, 0.3) is 11.3 Å². The van der Waals surface area contributed by atoms with E-state index >= 15 is 0 Å². The smallest absolute Gasteiger partial charge is 0.377 e. The monoisotopic (exact) mass is 297 g/mol. The van der Waals surface area contributed by atoms with E-state index in [9.17, 15) is 18.4 Å². The second-order valence-electron chi connectivity index (χ2n) is 3.82. The highest BCUT2D eigenvalue weighted by Crippen LogP contribution is 2.30. The predicted octanol–water partition coefficient (Wildman–Crippen LogP) is 2.19. The van der Waals surface area contributed by atoms with Crippen LogP contribution in [0.4, 0.5) is 8.78 Å². The Bertz CT molecular complexity index is 690. The quantitative estimate of drug-likeness (QED) is 0.808. The van der Waals surface area contributed by atoms with Crippen molar-refractivity contribution in [1.29, 1.82) is 0 Å². The van der Waals surface area contributed by atoms with Gasteiger partial charge in [-0.05, 0) is 12.1 Å². The third kappa shape index (κ3) is 2.47. The number of hydrogen-bond donors (Lipinski definition) is 0. The van der Waals surface area contributed by atoms with Crippen LogP contribution in [0.1, 0.15) is 20.9 Å². The van der Waals surface area contributed by atoms with E-state index in [-0.39, 0.29) is 0 Å². The fourth-order valence-corrected chi connectivity index (χ4v) is 1.71. The number of carbonyl (C=O) groups is 2. The molecule has 0 atom stereocenters. The Kier molecular flexibility index (Phi) is 3.97. The highest BCUT2D eigenvalue weighted by molar-refractivity contribution is 6.05. The Morgan fingerprint density at radius 1 is 1.10 bits per heavy atom. The molecule has 0 radical (unpaired) electrons. The van der Waals surface area contributed by atoms with Crippen LogP contribution in [0.3, 0.4) is 0 Å². The van der Waals surface area contributed by atoms with Crippen LogP contribution >= 0.6 is 0 Å². The molecule has 0 fully saturated rings. The molecule has 1 heterocycles. The lowest BCUT2D eigenvalue weighted by Gasteiger charge is -2.04. The molecule has 21 heavy (non-hydrogen) atoms. The molecule has 1 aromatic heterocycles. The van der Waals surface area contributed by atoms with Crippen molar-refractivity contribution >= 4 is 11.9 Å². The fourth-order valence-electron chi connectivity index (χ4n) is 1.71. The largest absolute Gasteiger partial charge is 0.465 e. The van der Waals surface area contributed by atoms with Gasteiger partial charge in [-0.1, -0.05) is 11.2 Å². The van der Waals surface area contributed by atoms with Crippen molar-refractivity contribution < 1.29 is 32.4 Å². The van der Waals surface area contributed by atoms with Gasteiger partial charge in [0, 0.05) is 0 Å². The van der Waals surface area contributed by atoms with E-state index in [0.29, 0.717) is 0 Å². The van der Waals surface area contributed by atoms with Crippen LogP contribution < -0.4 is 0 Å². The highest BCUT2D eigenvalue weighted by atomic mass is 19.1. The maximum Gasteiger partial charge on any atom is 0.377 e. The van der Waals surface area contributed by atoms with Gasteiger partial charge in [-0.25, -0.2) is 18.4 Å². The Morgan fingerprint density at radius 2 is 1.67 bits per heavy atom. The van der Waals surface area contributed by atoms with Gasteiger partial charge >= 0.3 is 11.9 Å². The molecular weight excluding hydrogens is 288 g/mol. The number of nitrogens with zero attached hydrogens (tertiary/aromatic N) is 1. The molecule has 0 amide bonds. The van der Waals surface area contributed by atoms with Crippen LogP contribution in [-0.2, 0) is 9.47 Å². The van der Waals surface area contributed by atoms with Crippen molar-refractivity contribution in [2.45, 2.75) is 0 Å². The number of ether oxygens (including phenoxy) is 2. The van der Waals surface area contributed by atoms with Crippen LogP contribution in [0.15, 0.2) is 22.7 Å². The lowest BCUT2D eigenvalue weighted by Crippen LogP contribution is -2.10. The van der Waals surface area contributed by atoms with E-state index in [2.05, 4.69) is 19.2 Å². The van der Waals surface area contributed by atoms with E-state index in [1.54, 1.807) is 0 Å². The summed E-state index contributed by atoms with van der Waals surface area (Å²) in [4.78, 5) is 23.3. The Hall–Kier alpha value is -2.77. The summed E-state index contributed by atoms with van der Waals surface area (Å²) in [6.07, 6.45) is 0. The number of benzene rings is 1. The number of rotatable bonds is 3. The first-order valence-electron chi connectivity index (χ1n) is 5.62. The zero-order chi connectivity index (χ0) is 15.6. The third-order valence-electron chi connectivity index (χ3n) is 2.65. The second-order valence-corrected chi connectivity index (χ2v) is 3.82. The van der Waals surface area contributed by atoms with Crippen molar-refractivity contribution in [2.24, 2.45) is 0 Å². The van der Waals surface area contributed by atoms with Crippen molar-refractivity contribution in [1.82, 2.24) is 5.16 Å². The Morgan fingerprint density at radius 3 is 2.19 bits per heavy atom. The SMILES string of the molecule is COC(=O)c1onc(-c2c(F)cccc2F)c1C(=O)OC. The van der Waals surface area contributed by atoms with Gasteiger partial charge in [0.05, 0.1) is 19.8 Å². The molecule has 110 valence electrons. The minimum atomic E-state index is -1.03. The average molecular weight is 297 g/mol. The number of hydrogen-bond acceptors (Lipinski definition) is 6. The van der Waals surface area contributed by atoms with E-state index < -0.39 is 46.2 Å². The molecule has 0 aliphatic carbocycles. The van der Waals surface area contributed by atoms with Crippen molar-refractivity contribution in [3.8, 4) is 11.3 Å². The second kappa shape index (κ2) is 5.70. The Balaban J connectivity index is 2.73. The van der Waals surface area contributed by atoms with Gasteiger partial charge in [0.15, 0.2) is 0 Å². The van der Waals surface area contributed by atoms with Gasteiger partial charge in [0.25, 0.3) is 5.76 Å². The summed E-state index contributed by atoms with van der Waals surface area (Å²) in [5.74, 6) is -4.59. The highest BCUT2D eigenvalue weighted by Gasteiger charge is 2.32.